The SMILES string of the molecule is CCc1ccc2c(c1)sc(=NC(=O)C1CCCN(S(=O)(=O)c3ccc(OC)cc3)C1)n2CCSC. The molecule has 0 radical (unpaired) electrons. The van der Waals surface area contributed by atoms with E-state index < -0.39 is 15.9 Å². The van der Waals surface area contributed by atoms with E-state index in [0.29, 0.717) is 29.9 Å². The van der Waals surface area contributed by atoms with Gasteiger partial charge in [-0.1, -0.05) is 24.3 Å². The molecule has 0 spiro atoms. The summed E-state index contributed by atoms with van der Waals surface area (Å²) in [6, 6.07) is 12.8. The van der Waals surface area contributed by atoms with Crippen LogP contribution in [0.5, 0.6) is 5.75 Å². The number of hydrogen-bond acceptors (Lipinski definition) is 6. The number of rotatable bonds is 8. The van der Waals surface area contributed by atoms with Crippen molar-refractivity contribution >= 4 is 49.2 Å². The summed E-state index contributed by atoms with van der Waals surface area (Å²) in [4.78, 5) is 18.7. The van der Waals surface area contributed by atoms with E-state index in [2.05, 4.69) is 40.9 Å². The number of thioether (sulfide) groups is 1. The van der Waals surface area contributed by atoms with Gasteiger partial charge in [-0.15, -0.1) is 0 Å². The predicted molar refractivity (Wildman–Crippen MR) is 143 cm³/mol. The molecule has 0 N–H and O–H groups in total. The zero-order valence-electron chi connectivity index (χ0n) is 20.3. The zero-order chi connectivity index (χ0) is 25.0. The van der Waals surface area contributed by atoms with Crippen molar-refractivity contribution in [2.45, 2.75) is 37.6 Å². The third-order valence-corrected chi connectivity index (χ3v) is 9.82. The van der Waals surface area contributed by atoms with Crippen LogP contribution in [0.1, 0.15) is 25.3 Å². The minimum absolute atomic E-state index is 0.145. The monoisotopic (exact) mass is 533 g/mol. The molecule has 1 aromatic heterocycles. The number of aryl methyl sites for hydroxylation is 2. The largest absolute Gasteiger partial charge is 0.497 e. The Hall–Kier alpha value is -2.14. The lowest BCUT2D eigenvalue weighted by molar-refractivity contribution is -0.122. The summed E-state index contributed by atoms with van der Waals surface area (Å²) < 4.78 is 36.2. The molecule has 1 fully saturated rings. The van der Waals surface area contributed by atoms with Crippen LogP contribution in [0.3, 0.4) is 0 Å². The van der Waals surface area contributed by atoms with Crippen molar-refractivity contribution in [1.82, 2.24) is 8.87 Å². The molecule has 1 aliphatic heterocycles. The minimum Gasteiger partial charge on any atom is -0.497 e. The number of methoxy groups -OCH3 is 1. The fourth-order valence-corrected chi connectivity index (χ4v) is 7.28. The van der Waals surface area contributed by atoms with Crippen LogP contribution in [0.25, 0.3) is 10.2 Å². The highest BCUT2D eigenvalue weighted by atomic mass is 32.2. The summed E-state index contributed by atoms with van der Waals surface area (Å²) >= 11 is 3.28. The molecular weight excluding hydrogens is 502 g/mol. The highest BCUT2D eigenvalue weighted by molar-refractivity contribution is 7.98. The molecular formula is C25H31N3O4S3. The molecule has 4 rings (SSSR count). The average molecular weight is 534 g/mol. The van der Waals surface area contributed by atoms with Crippen molar-refractivity contribution in [3.05, 3.63) is 52.8 Å². The van der Waals surface area contributed by atoms with E-state index in [1.807, 2.05) is 0 Å². The number of carbonyl (C=O) groups excluding carboxylic acids is 1. The van der Waals surface area contributed by atoms with E-state index in [-0.39, 0.29) is 17.3 Å². The van der Waals surface area contributed by atoms with Crippen molar-refractivity contribution in [3.63, 3.8) is 0 Å². The van der Waals surface area contributed by atoms with E-state index in [0.717, 1.165) is 28.9 Å². The number of aromatic nitrogens is 1. The number of fused-ring (bicyclic) bond motifs is 1. The van der Waals surface area contributed by atoms with Crippen LogP contribution in [-0.2, 0) is 27.8 Å². The first-order chi connectivity index (χ1) is 16.9. The number of carbonyl (C=O) groups is 1. The number of hydrogen-bond donors (Lipinski definition) is 0. The molecule has 2 aromatic carbocycles. The van der Waals surface area contributed by atoms with Gasteiger partial charge in [-0.05, 0) is 67.5 Å². The van der Waals surface area contributed by atoms with Crippen molar-refractivity contribution in [1.29, 1.82) is 0 Å². The van der Waals surface area contributed by atoms with Gasteiger partial charge in [0, 0.05) is 25.4 Å². The van der Waals surface area contributed by atoms with Gasteiger partial charge in [-0.2, -0.15) is 21.1 Å². The molecule has 2 heterocycles. The van der Waals surface area contributed by atoms with Crippen LogP contribution >= 0.6 is 23.1 Å². The molecule has 0 bridgehead atoms. The Balaban J connectivity index is 1.61. The molecule has 35 heavy (non-hydrogen) atoms. The van der Waals surface area contributed by atoms with Gasteiger partial charge in [-0.25, -0.2) is 8.42 Å². The average Bonchev–Trinajstić information content (AvgIpc) is 3.23. The summed E-state index contributed by atoms with van der Waals surface area (Å²) in [5, 5.41) is 0. The first kappa shape index (κ1) is 25.9. The van der Waals surface area contributed by atoms with Gasteiger partial charge in [0.2, 0.25) is 10.0 Å². The standard InChI is InChI=1S/C25H31N3O4S3/c1-4-18-7-12-22-23(16-18)34-25(28(22)14-15-33-3)26-24(29)19-6-5-13-27(17-19)35(30,31)21-10-8-20(32-2)9-11-21/h7-12,16,19H,4-6,13-15,17H2,1-3H3. The molecule has 1 atom stereocenters. The molecule has 10 heteroatoms. The van der Waals surface area contributed by atoms with Crippen molar-refractivity contribution in [2.24, 2.45) is 10.9 Å². The maximum absolute atomic E-state index is 13.3. The van der Waals surface area contributed by atoms with Gasteiger partial charge in [0.1, 0.15) is 5.75 Å². The van der Waals surface area contributed by atoms with E-state index in [4.69, 9.17) is 4.74 Å². The molecule has 7 nitrogen and oxygen atoms in total. The van der Waals surface area contributed by atoms with Crippen molar-refractivity contribution in [2.75, 3.05) is 32.2 Å². The Morgan fingerprint density at radius 1 is 1.23 bits per heavy atom. The first-order valence-electron chi connectivity index (χ1n) is 11.7. The van der Waals surface area contributed by atoms with Crippen LogP contribution in [0.2, 0.25) is 0 Å². The highest BCUT2D eigenvalue weighted by Crippen LogP contribution is 2.26. The summed E-state index contributed by atoms with van der Waals surface area (Å²) in [6.07, 6.45) is 4.27. The summed E-state index contributed by atoms with van der Waals surface area (Å²) in [6.45, 7) is 3.43. The van der Waals surface area contributed by atoms with Crippen LogP contribution in [0.15, 0.2) is 52.4 Å². The van der Waals surface area contributed by atoms with Crippen LogP contribution in [-0.4, -0.2) is 55.4 Å². The molecule has 1 saturated heterocycles. The first-order valence-corrected chi connectivity index (χ1v) is 15.4. The van der Waals surface area contributed by atoms with Gasteiger partial charge in [0.05, 0.1) is 28.1 Å². The third kappa shape index (κ3) is 5.66. The second-order valence-corrected chi connectivity index (χ2v) is 12.4. The van der Waals surface area contributed by atoms with Gasteiger partial charge < -0.3 is 9.30 Å². The van der Waals surface area contributed by atoms with E-state index >= 15 is 0 Å². The Kier molecular flexibility index (Phi) is 8.36. The molecule has 3 aromatic rings. The van der Waals surface area contributed by atoms with Gasteiger partial charge in [-0.3, -0.25) is 4.79 Å². The fourth-order valence-electron chi connectivity index (χ4n) is 4.27. The Morgan fingerprint density at radius 2 is 2.00 bits per heavy atom. The Morgan fingerprint density at radius 3 is 2.69 bits per heavy atom. The summed E-state index contributed by atoms with van der Waals surface area (Å²) in [5.41, 5.74) is 2.33. The maximum atomic E-state index is 13.3. The molecule has 188 valence electrons. The number of ether oxygens (including phenoxy) is 1. The minimum atomic E-state index is -3.70. The smallest absolute Gasteiger partial charge is 0.252 e. The van der Waals surface area contributed by atoms with E-state index in [1.54, 1.807) is 36.0 Å². The maximum Gasteiger partial charge on any atom is 0.252 e. The van der Waals surface area contributed by atoms with E-state index in [9.17, 15) is 13.2 Å². The van der Waals surface area contributed by atoms with Crippen LogP contribution in [0, 0.1) is 5.92 Å². The predicted octanol–water partition coefficient (Wildman–Crippen LogP) is 4.17. The second kappa shape index (κ2) is 11.3. The molecule has 1 unspecified atom stereocenters. The highest BCUT2D eigenvalue weighted by Gasteiger charge is 2.33. The van der Waals surface area contributed by atoms with Gasteiger partial charge in [0.25, 0.3) is 5.91 Å². The van der Waals surface area contributed by atoms with Crippen molar-refractivity contribution in [3.8, 4) is 5.75 Å². The third-order valence-electron chi connectivity index (χ3n) is 6.31. The lowest BCUT2D eigenvalue weighted by Crippen LogP contribution is -2.42. The fraction of sp³-hybridized carbons (Fsp3) is 0.440. The van der Waals surface area contributed by atoms with Crippen molar-refractivity contribution < 1.29 is 17.9 Å². The van der Waals surface area contributed by atoms with Crippen LogP contribution < -0.4 is 9.54 Å². The number of amides is 1. The number of thiazole rings is 1. The Labute approximate surface area is 214 Å². The van der Waals surface area contributed by atoms with Gasteiger partial charge >= 0.3 is 0 Å². The molecule has 1 aliphatic rings. The topological polar surface area (TPSA) is 81.0 Å². The van der Waals surface area contributed by atoms with E-state index in [1.165, 1.54) is 28.3 Å². The molecule has 0 saturated carbocycles. The zero-order valence-corrected chi connectivity index (χ0v) is 22.7. The lowest BCUT2D eigenvalue weighted by Gasteiger charge is -2.30. The quantitative estimate of drug-likeness (QED) is 0.434. The van der Waals surface area contributed by atoms with Crippen LogP contribution in [0.4, 0.5) is 0 Å². The number of nitrogens with zero attached hydrogens (tertiary/aromatic N) is 3. The number of sulfonamides is 1. The molecule has 0 aliphatic carbocycles. The lowest BCUT2D eigenvalue weighted by atomic mass is 9.99. The summed E-state index contributed by atoms with van der Waals surface area (Å²) in [5.74, 6) is 0.806. The van der Waals surface area contributed by atoms with Gasteiger partial charge in [0.15, 0.2) is 4.80 Å². The second-order valence-electron chi connectivity index (χ2n) is 8.51. The molecule has 1 amide bonds. The Bertz CT molecular complexity index is 1360. The number of benzene rings is 2. The summed E-state index contributed by atoms with van der Waals surface area (Å²) in [7, 11) is -2.16. The number of piperidine rings is 1. The normalized spacial score (nSPS) is 17.7.